The molecule has 0 radical (unpaired) electrons. The zero-order valence-corrected chi connectivity index (χ0v) is 16.4. The van der Waals surface area contributed by atoms with Crippen molar-refractivity contribution in [2.24, 2.45) is 5.73 Å². The minimum absolute atomic E-state index is 0.0548. The molecule has 0 aliphatic heterocycles. The van der Waals surface area contributed by atoms with Gasteiger partial charge in [-0.2, -0.15) is 0 Å². The predicted octanol–water partition coefficient (Wildman–Crippen LogP) is 3.00. The van der Waals surface area contributed by atoms with Gasteiger partial charge in [0.15, 0.2) is 5.69 Å². The molecular weight excluding hydrogens is 394 g/mol. The summed E-state index contributed by atoms with van der Waals surface area (Å²) in [6, 6.07) is 11.9. The third-order valence-corrected chi connectivity index (χ3v) is 4.67. The van der Waals surface area contributed by atoms with Crippen molar-refractivity contribution in [3.63, 3.8) is 0 Å². The number of anilines is 2. The van der Waals surface area contributed by atoms with Crippen molar-refractivity contribution in [1.29, 1.82) is 0 Å². The van der Waals surface area contributed by atoms with Gasteiger partial charge >= 0.3 is 0 Å². The van der Waals surface area contributed by atoms with Crippen LogP contribution in [-0.2, 0) is 0 Å². The Morgan fingerprint density at radius 3 is 2.45 bits per heavy atom. The van der Waals surface area contributed by atoms with Crippen molar-refractivity contribution in [3.05, 3.63) is 76.3 Å². The highest BCUT2D eigenvalue weighted by molar-refractivity contribution is 6.34. The Kier molecular flexibility index (Phi) is 5.65. The van der Waals surface area contributed by atoms with Gasteiger partial charge in [0.1, 0.15) is 5.69 Å². The van der Waals surface area contributed by atoms with E-state index < -0.39 is 11.8 Å². The van der Waals surface area contributed by atoms with Crippen molar-refractivity contribution in [2.75, 3.05) is 17.3 Å². The Morgan fingerprint density at radius 2 is 1.83 bits per heavy atom. The highest BCUT2D eigenvalue weighted by atomic mass is 35.5. The van der Waals surface area contributed by atoms with E-state index in [1.54, 1.807) is 56.4 Å². The maximum atomic E-state index is 12.6. The second kappa shape index (κ2) is 8.15. The smallest absolute Gasteiger partial charge is 0.279 e. The summed E-state index contributed by atoms with van der Waals surface area (Å²) in [7, 11) is 1.54. The van der Waals surface area contributed by atoms with Crippen molar-refractivity contribution in [1.82, 2.24) is 9.97 Å². The lowest BCUT2D eigenvalue weighted by molar-refractivity contribution is 0.0958. The van der Waals surface area contributed by atoms with Crippen LogP contribution in [0, 0.1) is 6.92 Å². The van der Waals surface area contributed by atoms with Crippen LogP contribution in [0.1, 0.15) is 36.9 Å². The molecule has 0 saturated carbocycles. The summed E-state index contributed by atoms with van der Waals surface area (Å²) < 4.78 is 0. The van der Waals surface area contributed by atoms with Gasteiger partial charge in [-0.25, -0.2) is 4.98 Å². The molecule has 0 unspecified atom stereocenters. The molecule has 148 valence electrons. The molecule has 0 aliphatic rings. The average Bonchev–Trinajstić information content (AvgIpc) is 3.17. The highest BCUT2D eigenvalue weighted by Crippen LogP contribution is 2.23. The third-order valence-electron chi connectivity index (χ3n) is 4.35. The number of halogens is 1. The molecule has 3 rings (SSSR count). The lowest BCUT2D eigenvalue weighted by Gasteiger charge is -2.17. The number of hydrogen-bond acceptors (Lipinski definition) is 4. The fourth-order valence-electron chi connectivity index (χ4n) is 2.80. The van der Waals surface area contributed by atoms with Gasteiger partial charge in [0, 0.05) is 18.4 Å². The molecule has 0 bridgehead atoms. The van der Waals surface area contributed by atoms with Crippen molar-refractivity contribution >= 4 is 40.7 Å². The summed E-state index contributed by atoms with van der Waals surface area (Å²) >= 11 is 6.13. The van der Waals surface area contributed by atoms with Crippen LogP contribution in [-0.4, -0.2) is 34.7 Å². The molecule has 3 amide bonds. The van der Waals surface area contributed by atoms with Gasteiger partial charge in [0.25, 0.3) is 17.7 Å². The fourth-order valence-corrected chi connectivity index (χ4v) is 3.11. The molecule has 0 spiro atoms. The van der Waals surface area contributed by atoms with E-state index in [1.807, 2.05) is 0 Å². The summed E-state index contributed by atoms with van der Waals surface area (Å²) in [5, 5.41) is 3.15. The summed E-state index contributed by atoms with van der Waals surface area (Å²) in [6.45, 7) is 1.81. The lowest BCUT2D eigenvalue weighted by atomic mass is 10.1. The second-order valence-electron chi connectivity index (χ2n) is 6.29. The van der Waals surface area contributed by atoms with E-state index in [4.69, 9.17) is 17.3 Å². The number of H-pyrrole nitrogens is 1. The van der Waals surface area contributed by atoms with Gasteiger partial charge < -0.3 is 20.9 Å². The van der Waals surface area contributed by atoms with E-state index in [0.29, 0.717) is 22.0 Å². The number of nitrogens with one attached hydrogen (secondary N) is 2. The molecule has 8 nitrogen and oxygen atoms in total. The van der Waals surface area contributed by atoms with Crippen LogP contribution in [0.5, 0.6) is 0 Å². The van der Waals surface area contributed by atoms with Crippen molar-refractivity contribution < 1.29 is 14.4 Å². The second-order valence-corrected chi connectivity index (χ2v) is 6.69. The predicted molar refractivity (Wildman–Crippen MR) is 110 cm³/mol. The maximum absolute atomic E-state index is 12.6. The van der Waals surface area contributed by atoms with Gasteiger partial charge in [-0.3, -0.25) is 14.4 Å². The van der Waals surface area contributed by atoms with Crippen LogP contribution < -0.4 is 16.0 Å². The van der Waals surface area contributed by atoms with Crippen LogP contribution in [0.2, 0.25) is 5.02 Å². The molecule has 29 heavy (non-hydrogen) atoms. The van der Waals surface area contributed by atoms with Gasteiger partial charge in [-0.15, -0.1) is 0 Å². The normalized spacial score (nSPS) is 10.4. The number of amides is 3. The quantitative estimate of drug-likeness (QED) is 0.597. The van der Waals surface area contributed by atoms with Crippen LogP contribution in [0.4, 0.5) is 11.4 Å². The third kappa shape index (κ3) is 4.12. The number of carbonyl (C=O) groups excluding carboxylic acids is 3. The van der Waals surface area contributed by atoms with Gasteiger partial charge in [-0.1, -0.05) is 23.7 Å². The zero-order valence-electron chi connectivity index (χ0n) is 15.7. The van der Waals surface area contributed by atoms with E-state index in [2.05, 4.69) is 15.3 Å². The Morgan fingerprint density at radius 1 is 1.14 bits per heavy atom. The summed E-state index contributed by atoms with van der Waals surface area (Å²) in [5.41, 5.74) is 7.37. The number of aromatic amines is 1. The molecule has 0 saturated heterocycles. The van der Waals surface area contributed by atoms with E-state index in [-0.39, 0.29) is 17.3 Å². The van der Waals surface area contributed by atoms with Crippen LogP contribution in [0.25, 0.3) is 0 Å². The van der Waals surface area contributed by atoms with E-state index in [9.17, 15) is 14.4 Å². The molecule has 0 atom stereocenters. The Labute approximate surface area is 171 Å². The number of rotatable bonds is 5. The molecular formula is C20H18ClN5O3. The Balaban J connectivity index is 1.76. The first kappa shape index (κ1) is 20.1. The summed E-state index contributed by atoms with van der Waals surface area (Å²) in [6.07, 6.45) is 1.23. The molecule has 1 aromatic heterocycles. The average molecular weight is 412 g/mol. The molecule has 0 fully saturated rings. The number of nitrogens with zero attached hydrogens (tertiary/aromatic N) is 2. The maximum Gasteiger partial charge on any atom is 0.279 e. The van der Waals surface area contributed by atoms with Crippen molar-refractivity contribution in [3.8, 4) is 0 Å². The number of nitrogens with two attached hydrogens (primary N) is 1. The molecule has 0 aliphatic carbocycles. The standard InChI is InChI=1S/C20H18ClN5O3/c1-11-4-3-5-14(21)15(11)19(28)25-12-6-8-13(9-7-12)26(2)20(29)17-16(18(22)27)23-10-24-17/h3-10H,1-2H3,(H2,22,27)(H,23,24)(H,25,28). The number of aryl methyl sites for hydroxylation is 1. The number of aromatic nitrogens is 2. The van der Waals surface area contributed by atoms with Crippen molar-refractivity contribution in [2.45, 2.75) is 6.92 Å². The SMILES string of the molecule is Cc1cccc(Cl)c1C(=O)Nc1ccc(N(C)C(=O)c2nc[nH]c2C(N)=O)cc1. The molecule has 9 heteroatoms. The van der Waals surface area contributed by atoms with Crippen LogP contribution >= 0.6 is 11.6 Å². The monoisotopic (exact) mass is 411 g/mol. The minimum Gasteiger partial charge on any atom is -0.364 e. The van der Waals surface area contributed by atoms with E-state index in [0.717, 1.165) is 5.56 Å². The van der Waals surface area contributed by atoms with Gasteiger partial charge in [0.2, 0.25) is 0 Å². The molecule has 4 N–H and O–H groups in total. The summed E-state index contributed by atoms with van der Waals surface area (Å²) in [4.78, 5) is 44.3. The van der Waals surface area contributed by atoms with E-state index in [1.165, 1.54) is 11.2 Å². The van der Waals surface area contributed by atoms with E-state index >= 15 is 0 Å². The highest BCUT2D eigenvalue weighted by Gasteiger charge is 2.22. The number of benzene rings is 2. The molecule has 2 aromatic carbocycles. The van der Waals surface area contributed by atoms with Gasteiger partial charge in [0.05, 0.1) is 16.9 Å². The first-order chi connectivity index (χ1) is 13.8. The zero-order chi connectivity index (χ0) is 21.1. The number of carbonyl (C=O) groups is 3. The lowest BCUT2D eigenvalue weighted by Crippen LogP contribution is -2.29. The fraction of sp³-hybridized carbons (Fsp3) is 0.100. The number of imidazole rings is 1. The number of hydrogen-bond donors (Lipinski definition) is 3. The van der Waals surface area contributed by atoms with Gasteiger partial charge in [-0.05, 0) is 42.8 Å². The largest absolute Gasteiger partial charge is 0.364 e. The van der Waals surface area contributed by atoms with Crippen LogP contribution in [0.3, 0.4) is 0 Å². The minimum atomic E-state index is -0.771. The Hall–Kier alpha value is -3.65. The number of primary amides is 1. The summed E-state index contributed by atoms with van der Waals surface area (Å²) in [5.74, 6) is -1.59. The molecule has 3 aromatic rings. The first-order valence-electron chi connectivity index (χ1n) is 8.57. The topological polar surface area (TPSA) is 121 Å². The molecule has 1 heterocycles. The first-order valence-corrected chi connectivity index (χ1v) is 8.95. The Bertz CT molecular complexity index is 1070. The van der Waals surface area contributed by atoms with Crippen LogP contribution in [0.15, 0.2) is 48.8 Å².